The van der Waals surface area contributed by atoms with Crippen molar-refractivity contribution >= 4 is 0 Å². The molecule has 0 unspecified atom stereocenters. The van der Waals surface area contributed by atoms with Crippen LogP contribution in [0.4, 0.5) is 17.6 Å². The summed E-state index contributed by atoms with van der Waals surface area (Å²) >= 11 is 0. The Morgan fingerprint density at radius 2 is 0.745 bits per heavy atom. The Kier molecular flexibility index (Phi) is 16.9. The third-order valence-electron chi connectivity index (χ3n) is 15.3. The molecule has 4 saturated carbocycles. The Hall–Kier alpha value is -1.88. The van der Waals surface area contributed by atoms with Crippen molar-refractivity contribution < 1.29 is 22.3 Å². The van der Waals surface area contributed by atoms with Gasteiger partial charge in [-0.15, -0.1) is 0 Å². The zero-order chi connectivity index (χ0) is 38.6. The third kappa shape index (κ3) is 12.1. The maximum Gasteiger partial charge on any atom is 0.129 e. The van der Waals surface area contributed by atoms with E-state index in [1.165, 1.54) is 116 Å². The van der Waals surface area contributed by atoms with Gasteiger partial charge in [0.2, 0.25) is 0 Å². The fourth-order valence-electron chi connectivity index (χ4n) is 11.7. The van der Waals surface area contributed by atoms with E-state index in [1.54, 1.807) is 24.3 Å². The second-order valence-electron chi connectivity index (χ2n) is 18.8. The van der Waals surface area contributed by atoms with Gasteiger partial charge in [0, 0.05) is 24.3 Å². The van der Waals surface area contributed by atoms with Crippen molar-refractivity contribution in [3.63, 3.8) is 0 Å². The van der Waals surface area contributed by atoms with Gasteiger partial charge in [0.05, 0.1) is 0 Å². The molecule has 0 spiro atoms. The lowest BCUT2D eigenvalue weighted by molar-refractivity contribution is 0.129. The summed E-state index contributed by atoms with van der Waals surface area (Å²) in [6.45, 7) is 5.29. The van der Waals surface area contributed by atoms with E-state index in [1.807, 2.05) is 0 Å². The Morgan fingerprint density at radius 3 is 1.05 bits per heavy atom. The SMILES string of the molecule is CCCCC1CCC(C2CCC(c3cc(F)c(CCCOCCCc4c(F)cc(C5CCC(C6CCC(CCCC)CC6)CC5)cc4F)c(F)c3)CC2)CC1. The molecule has 6 rings (SSSR count). The molecular formula is C50H74F4O. The summed E-state index contributed by atoms with van der Waals surface area (Å²) in [5.41, 5.74) is 1.93. The first-order chi connectivity index (χ1) is 26.8. The van der Waals surface area contributed by atoms with Crippen LogP contribution < -0.4 is 0 Å². The largest absolute Gasteiger partial charge is 0.381 e. The van der Waals surface area contributed by atoms with Crippen LogP contribution in [0.15, 0.2) is 24.3 Å². The van der Waals surface area contributed by atoms with Crippen molar-refractivity contribution in [1.29, 1.82) is 0 Å². The number of hydrogen-bond acceptors (Lipinski definition) is 1. The van der Waals surface area contributed by atoms with Crippen LogP contribution in [-0.2, 0) is 17.6 Å². The average molecular weight is 767 g/mol. The molecule has 0 heterocycles. The Bertz CT molecular complexity index is 1270. The van der Waals surface area contributed by atoms with Crippen LogP contribution in [0.25, 0.3) is 0 Å². The molecule has 0 aliphatic heterocycles. The van der Waals surface area contributed by atoms with E-state index in [9.17, 15) is 0 Å². The summed E-state index contributed by atoms with van der Waals surface area (Å²) in [6, 6.07) is 6.35. The van der Waals surface area contributed by atoms with Crippen molar-refractivity contribution in [2.45, 2.75) is 193 Å². The summed E-state index contributed by atoms with van der Waals surface area (Å²) in [5.74, 6) is 3.86. The van der Waals surface area contributed by atoms with Crippen LogP contribution in [0.2, 0.25) is 0 Å². The maximum atomic E-state index is 15.2. The topological polar surface area (TPSA) is 9.23 Å². The van der Waals surface area contributed by atoms with Gasteiger partial charge in [-0.2, -0.15) is 0 Å². The van der Waals surface area contributed by atoms with E-state index in [0.29, 0.717) is 26.1 Å². The second-order valence-corrected chi connectivity index (χ2v) is 18.8. The summed E-state index contributed by atoms with van der Waals surface area (Å²) in [7, 11) is 0. The fraction of sp³-hybridized carbons (Fsp3) is 0.760. The van der Waals surface area contributed by atoms with Crippen LogP contribution in [0.3, 0.4) is 0 Å². The molecule has 4 aliphatic carbocycles. The Balaban J connectivity index is 0.858. The normalized spacial score (nSPS) is 29.1. The summed E-state index contributed by atoms with van der Waals surface area (Å²) in [6.07, 6.45) is 29.6. The van der Waals surface area contributed by atoms with Gasteiger partial charge in [0.1, 0.15) is 23.3 Å². The first kappa shape index (κ1) is 42.7. The van der Waals surface area contributed by atoms with Crippen LogP contribution in [0, 0.1) is 58.8 Å². The molecule has 0 atom stereocenters. The molecule has 0 radical (unpaired) electrons. The van der Waals surface area contributed by atoms with Crippen molar-refractivity contribution in [3.8, 4) is 0 Å². The molecule has 0 aromatic heterocycles. The van der Waals surface area contributed by atoms with Crippen LogP contribution in [-0.4, -0.2) is 13.2 Å². The van der Waals surface area contributed by atoms with Gasteiger partial charge >= 0.3 is 0 Å². The van der Waals surface area contributed by atoms with Gasteiger partial charge in [0.25, 0.3) is 0 Å². The van der Waals surface area contributed by atoms with Gasteiger partial charge in [-0.05, 0) is 185 Å². The average Bonchev–Trinajstić information content (AvgIpc) is 3.21. The first-order valence-electron chi connectivity index (χ1n) is 23.4. The number of hydrogen-bond donors (Lipinski definition) is 0. The molecule has 4 fully saturated rings. The Morgan fingerprint density at radius 1 is 0.436 bits per heavy atom. The highest BCUT2D eigenvalue weighted by Crippen LogP contribution is 2.46. The number of halogens is 4. The van der Waals surface area contributed by atoms with Gasteiger partial charge in [-0.25, -0.2) is 17.6 Å². The van der Waals surface area contributed by atoms with E-state index in [0.717, 1.165) is 72.3 Å². The molecule has 0 N–H and O–H groups in total. The second kappa shape index (κ2) is 21.8. The van der Waals surface area contributed by atoms with E-state index < -0.39 is 23.3 Å². The number of benzene rings is 2. The zero-order valence-electron chi connectivity index (χ0n) is 34.6. The molecule has 2 aromatic carbocycles. The third-order valence-corrected chi connectivity index (χ3v) is 15.3. The van der Waals surface area contributed by atoms with Gasteiger partial charge in [0.15, 0.2) is 0 Å². The zero-order valence-corrected chi connectivity index (χ0v) is 34.6. The number of unbranched alkanes of at least 4 members (excludes halogenated alkanes) is 2. The predicted molar refractivity (Wildman–Crippen MR) is 220 cm³/mol. The molecule has 308 valence electrons. The van der Waals surface area contributed by atoms with Crippen molar-refractivity contribution in [3.05, 3.63) is 69.8 Å². The highest BCUT2D eigenvalue weighted by atomic mass is 19.1. The summed E-state index contributed by atoms with van der Waals surface area (Å²) in [4.78, 5) is 0. The lowest BCUT2D eigenvalue weighted by Crippen LogP contribution is -2.25. The number of rotatable bonds is 18. The molecule has 5 heteroatoms. The van der Waals surface area contributed by atoms with Gasteiger partial charge in [-0.3, -0.25) is 0 Å². The summed E-state index contributed by atoms with van der Waals surface area (Å²) < 4.78 is 66.5. The van der Waals surface area contributed by atoms with Crippen LogP contribution in [0.1, 0.15) is 202 Å². The van der Waals surface area contributed by atoms with Gasteiger partial charge in [-0.1, -0.05) is 78.1 Å². The standard InChI is InChI=1S/C50H74F4O/c1-3-5-9-35-13-17-37(18-14-35)39-21-25-41(26-22-39)43-31-47(51)45(48(52)32-43)11-7-29-55-30-8-12-46-49(53)33-44(34-50(46)54)42-27-23-40(24-28-42)38-19-15-36(16-20-38)10-6-4-2/h31-42H,3-30H2,1-2H3. The van der Waals surface area contributed by atoms with E-state index >= 15 is 17.6 Å². The maximum absolute atomic E-state index is 15.2. The molecule has 1 nitrogen and oxygen atoms in total. The van der Waals surface area contributed by atoms with Crippen molar-refractivity contribution in [2.75, 3.05) is 13.2 Å². The minimum absolute atomic E-state index is 0.142. The minimum Gasteiger partial charge on any atom is -0.381 e. The summed E-state index contributed by atoms with van der Waals surface area (Å²) in [5, 5.41) is 0. The quantitative estimate of drug-likeness (QED) is 0.108. The Labute approximate surface area is 332 Å². The van der Waals surface area contributed by atoms with Crippen molar-refractivity contribution in [1.82, 2.24) is 0 Å². The lowest BCUT2D eigenvalue weighted by atomic mass is 9.68. The molecule has 4 aliphatic rings. The van der Waals surface area contributed by atoms with E-state index in [2.05, 4.69) is 13.8 Å². The van der Waals surface area contributed by atoms with Gasteiger partial charge < -0.3 is 4.74 Å². The van der Waals surface area contributed by atoms with E-state index in [-0.39, 0.29) is 35.8 Å². The molecule has 0 bridgehead atoms. The van der Waals surface area contributed by atoms with Crippen LogP contribution in [0.5, 0.6) is 0 Å². The molecule has 55 heavy (non-hydrogen) atoms. The highest BCUT2D eigenvalue weighted by molar-refractivity contribution is 5.30. The number of ether oxygens (including phenoxy) is 1. The fourth-order valence-corrected chi connectivity index (χ4v) is 11.7. The smallest absolute Gasteiger partial charge is 0.129 e. The first-order valence-corrected chi connectivity index (χ1v) is 23.4. The monoisotopic (exact) mass is 767 g/mol. The molecule has 0 saturated heterocycles. The molecular weight excluding hydrogens is 693 g/mol. The van der Waals surface area contributed by atoms with Crippen LogP contribution >= 0.6 is 0 Å². The lowest BCUT2D eigenvalue weighted by Gasteiger charge is -2.38. The predicted octanol–water partition coefficient (Wildman–Crippen LogP) is 15.4. The molecule has 2 aromatic rings. The highest BCUT2D eigenvalue weighted by Gasteiger charge is 2.33. The van der Waals surface area contributed by atoms with E-state index in [4.69, 9.17) is 4.74 Å². The molecule has 0 amide bonds. The minimum atomic E-state index is -0.440. The van der Waals surface area contributed by atoms with Crippen molar-refractivity contribution in [2.24, 2.45) is 35.5 Å².